The van der Waals surface area contributed by atoms with Gasteiger partial charge < -0.3 is 0 Å². The van der Waals surface area contributed by atoms with Crippen LogP contribution in [0.3, 0.4) is 0 Å². The van der Waals surface area contributed by atoms with Crippen LogP contribution in [0.4, 0.5) is 0 Å². The van der Waals surface area contributed by atoms with Crippen LogP contribution in [0.5, 0.6) is 0 Å². The van der Waals surface area contributed by atoms with Crippen LogP contribution >= 0.6 is 0 Å². The Balaban J connectivity index is 2.06. The van der Waals surface area contributed by atoms with E-state index < -0.39 is 0 Å². The van der Waals surface area contributed by atoms with Gasteiger partial charge in [0.05, 0.1) is 0 Å². The van der Waals surface area contributed by atoms with E-state index >= 15 is 0 Å². The van der Waals surface area contributed by atoms with Crippen LogP contribution in [0, 0.1) is 5.92 Å². The zero-order chi connectivity index (χ0) is 8.97. The fourth-order valence-electron chi connectivity index (χ4n) is 1.47. The Labute approximate surface area is 74.9 Å². The third kappa shape index (κ3) is 3.21. The molecule has 0 bridgehead atoms. The van der Waals surface area contributed by atoms with E-state index in [1.165, 1.54) is 19.3 Å². The fourth-order valence-corrected chi connectivity index (χ4v) is 1.47. The van der Waals surface area contributed by atoms with Crippen molar-refractivity contribution in [2.75, 3.05) is 0 Å². The van der Waals surface area contributed by atoms with Gasteiger partial charge in [-0.05, 0) is 19.3 Å². The molecule has 1 aliphatic carbocycles. The van der Waals surface area contributed by atoms with Crippen LogP contribution in [0.2, 0.25) is 0 Å². The van der Waals surface area contributed by atoms with Crippen molar-refractivity contribution in [1.29, 1.82) is 0 Å². The van der Waals surface area contributed by atoms with Gasteiger partial charge in [0.1, 0.15) is 5.78 Å². The Bertz CT molecular complexity index is 177. The van der Waals surface area contributed by atoms with Crippen molar-refractivity contribution in [1.82, 2.24) is 0 Å². The van der Waals surface area contributed by atoms with Crippen molar-refractivity contribution in [2.45, 2.75) is 45.4 Å². The molecule has 1 aliphatic rings. The number of allylic oxidation sites excluding steroid dienone is 1. The Morgan fingerprint density at radius 2 is 2.08 bits per heavy atom. The molecule has 0 aromatic rings. The molecule has 12 heavy (non-hydrogen) atoms. The lowest BCUT2D eigenvalue weighted by Crippen LogP contribution is -2.15. The van der Waals surface area contributed by atoms with Gasteiger partial charge in [0, 0.05) is 12.8 Å². The minimum Gasteiger partial charge on any atom is -0.300 e. The van der Waals surface area contributed by atoms with Crippen molar-refractivity contribution in [3.05, 3.63) is 12.2 Å². The zero-order valence-corrected chi connectivity index (χ0v) is 7.94. The van der Waals surface area contributed by atoms with E-state index in [0.717, 1.165) is 24.3 Å². The smallest absolute Gasteiger partial charge is 0.133 e. The molecule has 0 heterocycles. The number of hydrogen-bond acceptors (Lipinski definition) is 1. The first-order valence-corrected chi connectivity index (χ1v) is 4.84. The Hall–Kier alpha value is -0.590. The minimum atomic E-state index is 0.433. The molecule has 0 aromatic carbocycles. The second-order valence-electron chi connectivity index (χ2n) is 4.00. The molecule has 0 spiro atoms. The van der Waals surface area contributed by atoms with E-state index in [1.54, 1.807) is 0 Å². The molecule has 1 fully saturated rings. The van der Waals surface area contributed by atoms with E-state index in [4.69, 9.17) is 0 Å². The third-order valence-electron chi connectivity index (χ3n) is 2.57. The molecule has 0 saturated heterocycles. The third-order valence-corrected chi connectivity index (χ3v) is 2.57. The molecular formula is C11H18O. The SMILES string of the molecule is C=C(C)CCC(=O)CC1CCC1. The lowest BCUT2D eigenvalue weighted by Gasteiger charge is -2.24. The van der Waals surface area contributed by atoms with Crippen molar-refractivity contribution in [3.8, 4) is 0 Å². The summed E-state index contributed by atoms with van der Waals surface area (Å²) in [5.74, 6) is 1.16. The Kier molecular flexibility index (Phi) is 3.51. The van der Waals surface area contributed by atoms with Crippen molar-refractivity contribution >= 4 is 5.78 Å². The first kappa shape index (κ1) is 9.50. The van der Waals surface area contributed by atoms with Gasteiger partial charge in [-0.2, -0.15) is 0 Å². The molecule has 0 N–H and O–H groups in total. The summed E-state index contributed by atoms with van der Waals surface area (Å²) < 4.78 is 0. The summed E-state index contributed by atoms with van der Waals surface area (Å²) in [5, 5.41) is 0. The molecule has 68 valence electrons. The van der Waals surface area contributed by atoms with E-state index in [2.05, 4.69) is 6.58 Å². The molecular weight excluding hydrogens is 148 g/mol. The van der Waals surface area contributed by atoms with Crippen molar-refractivity contribution < 1.29 is 4.79 Å². The highest BCUT2D eigenvalue weighted by atomic mass is 16.1. The van der Waals surface area contributed by atoms with Gasteiger partial charge in [-0.3, -0.25) is 4.79 Å². The van der Waals surface area contributed by atoms with Gasteiger partial charge >= 0.3 is 0 Å². The number of carbonyl (C=O) groups excluding carboxylic acids is 1. The topological polar surface area (TPSA) is 17.1 Å². The number of rotatable bonds is 5. The molecule has 1 rings (SSSR count). The van der Waals surface area contributed by atoms with Crippen LogP contribution in [-0.2, 0) is 4.79 Å². The maximum absolute atomic E-state index is 11.3. The maximum Gasteiger partial charge on any atom is 0.133 e. The standard InChI is InChI=1S/C11H18O/c1-9(2)6-7-11(12)8-10-4-3-5-10/h10H,1,3-8H2,2H3. The summed E-state index contributed by atoms with van der Waals surface area (Å²) >= 11 is 0. The summed E-state index contributed by atoms with van der Waals surface area (Å²) in [6.45, 7) is 5.77. The number of Topliss-reactive ketones (excluding diaryl/α,β-unsaturated/α-hetero) is 1. The summed E-state index contributed by atoms with van der Waals surface area (Å²) in [4.78, 5) is 11.3. The molecule has 0 aliphatic heterocycles. The van der Waals surface area contributed by atoms with Gasteiger partial charge in [-0.15, -0.1) is 6.58 Å². The Morgan fingerprint density at radius 3 is 2.50 bits per heavy atom. The van der Waals surface area contributed by atoms with Crippen LogP contribution in [0.1, 0.15) is 45.4 Å². The normalized spacial score (nSPS) is 17.1. The van der Waals surface area contributed by atoms with Gasteiger partial charge in [0.15, 0.2) is 0 Å². The van der Waals surface area contributed by atoms with Gasteiger partial charge in [0.2, 0.25) is 0 Å². The first-order valence-electron chi connectivity index (χ1n) is 4.84. The monoisotopic (exact) mass is 166 g/mol. The summed E-state index contributed by atoms with van der Waals surface area (Å²) in [7, 11) is 0. The largest absolute Gasteiger partial charge is 0.300 e. The van der Waals surface area contributed by atoms with Gasteiger partial charge in [0.25, 0.3) is 0 Å². The summed E-state index contributed by atoms with van der Waals surface area (Å²) in [5.41, 5.74) is 1.12. The quantitative estimate of drug-likeness (QED) is 0.573. The average Bonchev–Trinajstić information content (AvgIpc) is 1.93. The molecule has 0 radical (unpaired) electrons. The van der Waals surface area contributed by atoms with Crippen LogP contribution in [0.25, 0.3) is 0 Å². The minimum absolute atomic E-state index is 0.433. The maximum atomic E-state index is 11.3. The van der Waals surface area contributed by atoms with Crippen LogP contribution in [0.15, 0.2) is 12.2 Å². The second kappa shape index (κ2) is 4.44. The highest BCUT2D eigenvalue weighted by Gasteiger charge is 2.19. The van der Waals surface area contributed by atoms with E-state index in [0.29, 0.717) is 12.2 Å². The van der Waals surface area contributed by atoms with Crippen LogP contribution < -0.4 is 0 Å². The molecule has 0 aromatic heterocycles. The van der Waals surface area contributed by atoms with Gasteiger partial charge in [-0.25, -0.2) is 0 Å². The fraction of sp³-hybridized carbons (Fsp3) is 0.727. The van der Waals surface area contributed by atoms with Crippen LogP contribution in [-0.4, -0.2) is 5.78 Å². The number of ketones is 1. The zero-order valence-electron chi connectivity index (χ0n) is 7.94. The lowest BCUT2D eigenvalue weighted by molar-refractivity contribution is -0.120. The molecule has 0 amide bonds. The second-order valence-corrected chi connectivity index (χ2v) is 4.00. The van der Waals surface area contributed by atoms with E-state index in [1.807, 2.05) is 6.92 Å². The molecule has 0 atom stereocenters. The van der Waals surface area contributed by atoms with Crippen molar-refractivity contribution in [3.63, 3.8) is 0 Å². The summed E-state index contributed by atoms with van der Waals surface area (Å²) in [6.07, 6.45) is 6.31. The lowest BCUT2D eigenvalue weighted by atomic mass is 9.81. The number of carbonyl (C=O) groups is 1. The molecule has 1 heteroatoms. The number of hydrogen-bond donors (Lipinski definition) is 0. The summed E-state index contributed by atoms with van der Waals surface area (Å²) in [6, 6.07) is 0. The molecule has 1 saturated carbocycles. The van der Waals surface area contributed by atoms with E-state index in [-0.39, 0.29) is 0 Å². The molecule has 0 unspecified atom stereocenters. The van der Waals surface area contributed by atoms with Gasteiger partial charge in [-0.1, -0.05) is 24.8 Å². The average molecular weight is 166 g/mol. The highest BCUT2D eigenvalue weighted by Crippen LogP contribution is 2.30. The predicted octanol–water partition coefficient (Wildman–Crippen LogP) is 3.10. The Morgan fingerprint density at radius 1 is 1.42 bits per heavy atom. The molecule has 1 nitrogen and oxygen atoms in total. The highest BCUT2D eigenvalue weighted by molar-refractivity contribution is 5.78. The predicted molar refractivity (Wildman–Crippen MR) is 51.0 cm³/mol. The van der Waals surface area contributed by atoms with E-state index in [9.17, 15) is 4.79 Å². The first-order chi connectivity index (χ1) is 5.68. The van der Waals surface area contributed by atoms with Crippen molar-refractivity contribution in [2.24, 2.45) is 5.92 Å².